The van der Waals surface area contributed by atoms with Gasteiger partial charge in [-0.15, -0.1) is 0 Å². The van der Waals surface area contributed by atoms with E-state index in [-0.39, 0.29) is 16.5 Å². The second-order valence-corrected chi connectivity index (χ2v) is 11.9. The van der Waals surface area contributed by atoms with Gasteiger partial charge in [-0.1, -0.05) is 184 Å². The Morgan fingerprint density at radius 1 is 0.512 bits per heavy atom. The van der Waals surface area contributed by atoms with E-state index in [1.54, 1.807) is 6.21 Å². The van der Waals surface area contributed by atoms with Gasteiger partial charge in [-0.3, -0.25) is 4.99 Å². The Labute approximate surface area is 276 Å². The monoisotopic (exact) mass is 626 g/mol. The molecule has 0 aliphatic carbocycles. The van der Waals surface area contributed by atoms with E-state index in [1.807, 2.05) is 60.7 Å². The molecule has 0 heterocycles. The Hall–Kier alpha value is -2.17. The first kappa shape index (κ1) is 38.9. The normalized spacial score (nSPS) is 11.3. The van der Waals surface area contributed by atoms with Crippen LogP contribution in [0.25, 0.3) is 0 Å². The molecule has 0 atom stereocenters. The first-order valence-electron chi connectivity index (χ1n) is 17.6. The third kappa shape index (κ3) is 23.9. The fourth-order valence-electron chi connectivity index (χ4n) is 5.36. The van der Waals surface area contributed by atoms with Crippen molar-refractivity contribution in [3.05, 3.63) is 60.7 Å². The molecule has 0 aromatic heterocycles. The van der Waals surface area contributed by atoms with Gasteiger partial charge in [0.2, 0.25) is 0 Å². The van der Waals surface area contributed by atoms with Crippen LogP contribution in [0.5, 0.6) is 0 Å². The fraction of sp³-hybridized carbons (Fsp3) is 0.600. The fourth-order valence-corrected chi connectivity index (χ4v) is 5.36. The van der Waals surface area contributed by atoms with Crippen LogP contribution in [-0.4, -0.2) is 11.9 Å². The van der Waals surface area contributed by atoms with Crippen LogP contribution in [0.2, 0.25) is 0 Å². The van der Waals surface area contributed by atoms with Crippen molar-refractivity contribution in [2.45, 2.75) is 155 Å². The average Bonchev–Trinajstić information content (AvgIpc) is 3.02. The standard InChI is InChI=1S/C40H60N2.Ni/c1-2-3-4-5-6-7-8-9-10-11-12-13-14-15-16-17-18-19-20-21-22-23-24-27-36-40(42-39-34-30-26-31-35-39)37-41-38-32-28-25-29-33-38;/h25-26,28-35,37H,2-24H2,1H3;. The summed E-state index contributed by atoms with van der Waals surface area (Å²) >= 11 is 0. The van der Waals surface area contributed by atoms with E-state index in [1.165, 1.54) is 141 Å². The maximum Gasteiger partial charge on any atom is 0.132 e. The summed E-state index contributed by atoms with van der Waals surface area (Å²) in [7, 11) is 0. The Kier molecular flexibility index (Phi) is 27.0. The molecule has 2 aromatic carbocycles. The molecule has 2 nitrogen and oxygen atoms in total. The summed E-state index contributed by atoms with van der Waals surface area (Å²) in [4.78, 5) is 9.25. The molecular formula is C40H60N2Ni. The minimum Gasteiger partial charge on any atom is -0.254 e. The smallest absolute Gasteiger partial charge is 0.132 e. The summed E-state index contributed by atoms with van der Waals surface area (Å²) in [5.41, 5.74) is 2.54. The van der Waals surface area contributed by atoms with Gasteiger partial charge in [0.25, 0.3) is 0 Å². The van der Waals surface area contributed by atoms with Crippen LogP contribution in [0, 0.1) is 11.8 Å². The van der Waals surface area contributed by atoms with Crippen molar-refractivity contribution < 1.29 is 16.5 Å². The van der Waals surface area contributed by atoms with Crippen molar-refractivity contribution in [3.8, 4) is 11.8 Å². The van der Waals surface area contributed by atoms with Crippen molar-refractivity contribution >= 4 is 23.3 Å². The van der Waals surface area contributed by atoms with Crippen molar-refractivity contribution in [2.24, 2.45) is 9.98 Å². The van der Waals surface area contributed by atoms with E-state index in [4.69, 9.17) is 4.99 Å². The molecule has 0 saturated carbocycles. The number of benzene rings is 2. The van der Waals surface area contributed by atoms with Crippen molar-refractivity contribution in [2.75, 3.05) is 0 Å². The van der Waals surface area contributed by atoms with Crippen LogP contribution in [0.1, 0.15) is 155 Å². The number of hydrogen-bond acceptors (Lipinski definition) is 2. The number of rotatable bonds is 25. The van der Waals surface area contributed by atoms with Gasteiger partial charge in [0.05, 0.1) is 17.6 Å². The minimum absolute atomic E-state index is 0. The van der Waals surface area contributed by atoms with E-state index >= 15 is 0 Å². The quantitative estimate of drug-likeness (QED) is 0.0453. The molecule has 0 spiro atoms. The molecule has 2 rings (SSSR count). The van der Waals surface area contributed by atoms with Crippen molar-refractivity contribution in [3.63, 3.8) is 0 Å². The molecule has 0 unspecified atom stereocenters. The Balaban J connectivity index is 0.00000924. The largest absolute Gasteiger partial charge is 0.254 e. The van der Waals surface area contributed by atoms with Gasteiger partial charge in [-0.2, -0.15) is 0 Å². The van der Waals surface area contributed by atoms with Crippen LogP contribution in [0.15, 0.2) is 70.6 Å². The molecule has 43 heavy (non-hydrogen) atoms. The van der Waals surface area contributed by atoms with E-state index in [0.717, 1.165) is 17.8 Å². The molecule has 0 fully saturated rings. The van der Waals surface area contributed by atoms with Crippen LogP contribution in [0.3, 0.4) is 0 Å². The number of unbranched alkanes of at least 4 members (excludes halogenated alkanes) is 22. The SMILES string of the molecule is CCCCCCCCCCCCCCCCCCCCCCCCC#CC(C=Nc1ccccc1)=Nc1ccccc1.[Ni]. The van der Waals surface area contributed by atoms with Gasteiger partial charge in [0.15, 0.2) is 0 Å². The van der Waals surface area contributed by atoms with E-state index in [0.29, 0.717) is 5.71 Å². The molecule has 0 radical (unpaired) electrons. The summed E-state index contributed by atoms with van der Waals surface area (Å²) in [5.74, 6) is 6.59. The van der Waals surface area contributed by atoms with Crippen molar-refractivity contribution in [1.82, 2.24) is 0 Å². The van der Waals surface area contributed by atoms with Crippen molar-refractivity contribution in [1.29, 1.82) is 0 Å². The molecule has 0 bridgehead atoms. The summed E-state index contributed by atoms with van der Waals surface area (Å²) in [6.45, 7) is 2.30. The van der Waals surface area contributed by atoms with Gasteiger partial charge >= 0.3 is 0 Å². The Bertz CT molecular complexity index is 987. The predicted octanol–water partition coefficient (Wildman–Crippen LogP) is 13.2. The number of para-hydroxylation sites is 2. The first-order valence-corrected chi connectivity index (χ1v) is 17.6. The van der Waals surface area contributed by atoms with E-state index in [2.05, 4.69) is 23.8 Å². The Morgan fingerprint density at radius 2 is 0.884 bits per heavy atom. The maximum absolute atomic E-state index is 4.70. The molecule has 0 aliphatic heterocycles. The van der Waals surface area contributed by atoms with Gasteiger partial charge in [-0.25, -0.2) is 4.99 Å². The summed E-state index contributed by atoms with van der Waals surface area (Å²) < 4.78 is 0. The molecule has 0 N–H and O–H groups in total. The van der Waals surface area contributed by atoms with Crippen LogP contribution in [-0.2, 0) is 16.5 Å². The zero-order valence-corrected chi connectivity index (χ0v) is 28.3. The predicted molar refractivity (Wildman–Crippen MR) is 188 cm³/mol. The first-order chi connectivity index (χ1) is 20.9. The van der Waals surface area contributed by atoms with Gasteiger partial charge in [-0.05, 0) is 36.6 Å². The Morgan fingerprint density at radius 3 is 1.30 bits per heavy atom. The number of nitrogens with zero attached hydrogens (tertiary/aromatic N) is 2. The molecule has 240 valence electrons. The molecule has 0 saturated heterocycles. The third-order valence-corrected chi connectivity index (χ3v) is 7.97. The molecular weight excluding hydrogens is 567 g/mol. The van der Waals surface area contributed by atoms with Gasteiger partial charge in [0, 0.05) is 22.9 Å². The molecule has 3 heteroatoms. The average molecular weight is 628 g/mol. The van der Waals surface area contributed by atoms with E-state index < -0.39 is 0 Å². The zero-order chi connectivity index (χ0) is 29.6. The van der Waals surface area contributed by atoms with Crippen LogP contribution in [0.4, 0.5) is 11.4 Å². The zero-order valence-electron chi connectivity index (χ0n) is 27.3. The van der Waals surface area contributed by atoms with E-state index in [9.17, 15) is 0 Å². The molecule has 0 aliphatic rings. The minimum atomic E-state index is 0. The number of hydrogen-bond donors (Lipinski definition) is 0. The topological polar surface area (TPSA) is 24.7 Å². The number of aliphatic imine (C=N–C) groups is 2. The molecule has 0 amide bonds. The van der Waals surface area contributed by atoms with Crippen LogP contribution < -0.4 is 0 Å². The summed E-state index contributed by atoms with van der Waals surface area (Å²) in [5, 5.41) is 0. The second kappa shape index (κ2) is 29.9. The summed E-state index contributed by atoms with van der Waals surface area (Å²) in [6, 6.07) is 20.0. The molecule has 2 aromatic rings. The maximum atomic E-state index is 4.70. The van der Waals surface area contributed by atoms with Gasteiger partial charge in [0.1, 0.15) is 5.71 Å². The summed E-state index contributed by atoms with van der Waals surface area (Å²) in [6.07, 6.45) is 33.9. The van der Waals surface area contributed by atoms with Gasteiger partial charge < -0.3 is 0 Å². The third-order valence-electron chi connectivity index (χ3n) is 7.97. The second-order valence-electron chi connectivity index (χ2n) is 11.9. The van der Waals surface area contributed by atoms with Crippen LogP contribution >= 0.6 is 0 Å².